The molecule has 1 N–H and O–H groups in total. The van der Waals surface area contributed by atoms with E-state index in [0.29, 0.717) is 29.6 Å². The van der Waals surface area contributed by atoms with Crippen molar-refractivity contribution in [1.82, 2.24) is 9.55 Å². The van der Waals surface area contributed by atoms with Crippen LogP contribution in [0.25, 0.3) is 10.9 Å². The van der Waals surface area contributed by atoms with Crippen LogP contribution in [0, 0.1) is 0 Å². The van der Waals surface area contributed by atoms with Gasteiger partial charge in [-0.25, -0.2) is 0 Å². The lowest BCUT2D eigenvalue weighted by atomic mass is 10.1. The van der Waals surface area contributed by atoms with Gasteiger partial charge in [-0.1, -0.05) is 42.5 Å². The minimum atomic E-state index is -0.957. The maximum atomic E-state index is 12.2. The fraction of sp³-hybridized carbons (Fsp3) is 0.167. The minimum absolute atomic E-state index is 0.210. The third kappa shape index (κ3) is 3.29. The van der Waals surface area contributed by atoms with Crippen LogP contribution in [0.1, 0.15) is 11.4 Å². The Morgan fingerprint density at radius 3 is 2.43 bits per heavy atom. The molecule has 0 aliphatic rings. The lowest BCUT2D eigenvalue weighted by molar-refractivity contribution is -0.137. The molecule has 0 saturated heterocycles. The second kappa shape index (κ2) is 6.44. The maximum absolute atomic E-state index is 12.2. The first-order valence-corrected chi connectivity index (χ1v) is 7.39. The van der Waals surface area contributed by atoms with Gasteiger partial charge in [0.05, 0.1) is 10.9 Å². The van der Waals surface area contributed by atoms with Crippen LogP contribution in [-0.4, -0.2) is 20.6 Å². The molecule has 116 valence electrons. The molecule has 0 atom stereocenters. The minimum Gasteiger partial charge on any atom is -0.480 e. The van der Waals surface area contributed by atoms with Crippen molar-refractivity contribution < 1.29 is 9.90 Å². The number of aromatic nitrogens is 2. The van der Waals surface area contributed by atoms with Crippen LogP contribution in [0.2, 0.25) is 0 Å². The predicted octanol–water partition coefficient (Wildman–Crippen LogP) is 2.27. The first-order valence-electron chi connectivity index (χ1n) is 7.39. The number of hydrogen-bond acceptors (Lipinski definition) is 3. The highest BCUT2D eigenvalue weighted by Crippen LogP contribution is 2.13. The van der Waals surface area contributed by atoms with Gasteiger partial charge in [-0.05, 0) is 24.1 Å². The van der Waals surface area contributed by atoms with Gasteiger partial charge in [0, 0.05) is 6.42 Å². The lowest BCUT2D eigenvalue weighted by Gasteiger charge is -2.14. The lowest BCUT2D eigenvalue weighted by Crippen LogP contribution is -2.22. The summed E-state index contributed by atoms with van der Waals surface area (Å²) in [4.78, 5) is 27.5. The van der Waals surface area contributed by atoms with Gasteiger partial charge in [-0.3, -0.25) is 9.59 Å². The molecule has 3 aromatic rings. The van der Waals surface area contributed by atoms with Crippen LogP contribution in [-0.2, 0) is 24.2 Å². The van der Waals surface area contributed by atoms with Crippen LogP contribution in [0.15, 0.2) is 59.4 Å². The Balaban J connectivity index is 2.04. The van der Waals surface area contributed by atoms with Crippen LogP contribution in [0.5, 0.6) is 0 Å². The largest absolute Gasteiger partial charge is 0.480 e. The van der Waals surface area contributed by atoms with Crippen molar-refractivity contribution >= 4 is 16.9 Å². The molecule has 2 aromatic carbocycles. The molecule has 0 bridgehead atoms. The Morgan fingerprint density at radius 2 is 1.70 bits per heavy atom. The van der Waals surface area contributed by atoms with E-state index >= 15 is 0 Å². The van der Waals surface area contributed by atoms with Crippen LogP contribution in [0.3, 0.4) is 0 Å². The number of carbonyl (C=O) groups is 1. The fourth-order valence-corrected chi connectivity index (χ4v) is 2.67. The van der Waals surface area contributed by atoms with E-state index in [1.165, 1.54) is 0 Å². The number of fused-ring (bicyclic) bond motifs is 1. The molecule has 5 nitrogen and oxygen atoms in total. The van der Waals surface area contributed by atoms with Gasteiger partial charge in [0.1, 0.15) is 12.4 Å². The van der Waals surface area contributed by atoms with E-state index in [2.05, 4.69) is 4.98 Å². The SMILES string of the molecule is O=C(O)Cn1c(CCc2ccccc2)nc(=O)c2ccccc21. The van der Waals surface area contributed by atoms with E-state index in [4.69, 9.17) is 0 Å². The number of aliphatic carboxylic acids is 1. The second-order valence-corrected chi connectivity index (χ2v) is 5.32. The Hall–Kier alpha value is -2.95. The number of carboxylic acid groups (broad SMARTS) is 1. The molecule has 1 heterocycles. The monoisotopic (exact) mass is 308 g/mol. The summed E-state index contributed by atoms with van der Waals surface area (Å²) < 4.78 is 1.61. The summed E-state index contributed by atoms with van der Waals surface area (Å²) in [5.74, 6) is -0.457. The topological polar surface area (TPSA) is 72.2 Å². The molecule has 3 rings (SSSR count). The van der Waals surface area contributed by atoms with E-state index in [-0.39, 0.29) is 12.1 Å². The van der Waals surface area contributed by atoms with Crippen molar-refractivity contribution in [3.63, 3.8) is 0 Å². The highest BCUT2D eigenvalue weighted by molar-refractivity contribution is 5.79. The fourth-order valence-electron chi connectivity index (χ4n) is 2.67. The summed E-state index contributed by atoms with van der Waals surface area (Å²) in [6.07, 6.45) is 1.21. The number of para-hydroxylation sites is 1. The molecule has 0 spiro atoms. The molecule has 0 amide bonds. The number of benzene rings is 2. The molecular formula is C18H16N2O3. The van der Waals surface area contributed by atoms with Gasteiger partial charge in [-0.15, -0.1) is 0 Å². The van der Waals surface area contributed by atoms with E-state index in [1.54, 1.807) is 28.8 Å². The molecule has 0 radical (unpaired) electrons. The third-order valence-corrected chi connectivity index (χ3v) is 3.74. The van der Waals surface area contributed by atoms with Gasteiger partial charge in [0.25, 0.3) is 5.56 Å². The molecule has 23 heavy (non-hydrogen) atoms. The first-order chi connectivity index (χ1) is 11.1. The van der Waals surface area contributed by atoms with E-state index in [1.807, 2.05) is 30.3 Å². The normalized spacial score (nSPS) is 10.8. The first kappa shape index (κ1) is 15.0. The van der Waals surface area contributed by atoms with Crippen molar-refractivity contribution in [2.45, 2.75) is 19.4 Å². The van der Waals surface area contributed by atoms with E-state index in [9.17, 15) is 14.7 Å². The zero-order chi connectivity index (χ0) is 16.2. The van der Waals surface area contributed by atoms with E-state index < -0.39 is 5.97 Å². The van der Waals surface area contributed by atoms with Gasteiger partial charge >= 0.3 is 5.97 Å². The number of rotatable bonds is 5. The van der Waals surface area contributed by atoms with Gasteiger partial charge in [0.2, 0.25) is 0 Å². The second-order valence-electron chi connectivity index (χ2n) is 5.32. The Morgan fingerprint density at radius 1 is 1.00 bits per heavy atom. The molecule has 0 saturated carbocycles. The molecule has 1 aromatic heterocycles. The maximum Gasteiger partial charge on any atom is 0.323 e. The van der Waals surface area contributed by atoms with Crippen molar-refractivity contribution in [2.75, 3.05) is 0 Å². The molecular weight excluding hydrogens is 292 g/mol. The highest BCUT2D eigenvalue weighted by Gasteiger charge is 2.12. The van der Waals surface area contributed by atoms with Crippen molar-refractivity contribution in [3.8, 4) is 0 Å². The number of carboxylic acids is 1. The zero-order valence-corrected chi connectivity index (χ0v) is 12.5. The summed E-state index contributed by atoms with van der Waals surface area (Å²) in [6.45, 7) is -0.210. The van der Waals surface area contributed by atoms with Gasteiger partial charge < -0.3 is 9.67 Å². The van der Waals surface area contributed by atoms with Crippen LogP contribution >= 0.6 is 0 Å². The Bertz CT molecular complexity index is 901. The zero-order valence-electron chi connectivity index (χ0n) is 12.5. The average Bonchev–Trinajstić information content (AvgIpc) is 2.56. The average molecular weight is 308 g/mol. The summed E-state index contributed by atoms with van der Waals surface area (Å²) in [5.41, 5.74) is 1.42. The Kier molecular flexibility index (Phi) is 4.19. The smallest absolute Gasteiger partial charge is 0.323 e. The summed E-state index contributed by atoms with van der Waals surface area (Å²) >= 11 is 0. The molecule has 0 unspecified atom stereocenters. The van der Waals surface area contributed by atoms with Crippen LogP contribution < -0.4 is 5.56 Å². The molecule has 0 fully saturated rings. The van der Waals surface area contributed by atoms with Gasteiger partial charge in [-0.2, -0.15) is 4.98 Å². The van der Waals surface area contributed by atoms with E-state index in [0.717, 1.165) is 5.56 Å². The molecule has 0 aliphatic heterocycles. The van der Waals surface area contributed by atoms with Crippen molar-refractivity contribution in [3.05, 3.63) is 76.3 Å². The summed E-state index contributed by atoms with van der Waals surface area (Å²) in [6, 6.07) is 16.8. The number of hydrogen-bond donors (Lipinski definition) is 1. The number of aryl methyl sites for hydroxylation is 2. The van der Waals surface area contributed by atoms with Crippen molar-refractivity contribution in [2.24, 2.45) is 0 Å². The van der Waals surface area contributed by atoms with Crippen LogP contribution in [0.4, 0.5) is 0 Å². The number of nitrogens with zero attached hydrogens (tertiary/aromatic N) is 2. The predicted molar refractivity (Wildman–Crippen MR) is 87.5 cm³/mol. The quantitative estimate of drug-likeness (QED) is 0.785. The summed E-state index contributed by atoms with van der Waals surface area (Å²) in [5, 5.41) is 9.62. The third-order valence-electron chi connectivity index (χ3n) is 3.74. The Labute approximate surface area is 132 Å². The highest BCUT2D eigenvalue weighted by atomic mass is 16.4. The van der Waals surface area contributed by atoms with Gasteiger partial charge in [0.15, 0.2) is 0 Å². The summed E-state index contributed by atoms with van der Waals surface area (Å²) in [7, 11) is 0. The molecule has 0 aliphatic carbocycles. The van der Waals surface area contributed by atoms with Crippen molar-refractivity contribution in [1.29, 1.82) is 0 Å². The molecule has 5 heteroatoms. The standard InChI is InChI=1S/C18H16N2O3/c21-17(22)12-20-15-9-5-4-8-14(15)18(23)19-16(20)11-10-13-6-2-1-3-7-13/h1-9H,10-12H2,(H,21,22).